The summed E-state index contributed by atoms with van der Waals surface area (Å²) in [4.78, 5) is 41.2. The van der Waals surface area contributed by atoms with Gasteiger partial charge in [0.2, 0.25) is 0 Å². The van der Waals surface area contributed by atoms with Crippen molar-refractivity contribution in [3.05, 3.63) is 48.0 Å². The van der Waals surface area contributed by atoms with Crippen LogP contribution in [0.5, 0.6) is 0 Å². The van der Waals surface area contributed by atoms with E-state index in [1.807, 2.05) is 12.1 Å². The van der Waals surface area contributed by atoms with E-state index in [4.69, 9.17) is 0 Å². The Morgan fingerprint density at radius 1 is 1.36 bits per heavy atom. The summed E-state index contributed by atoms with van der Waals surface area (Å²) >= 11 is 4.82. The Balaban J connectivity index is 1.81. The Bertz CT molecular complexity index is 1110. The SMILES string of the molecule is Cn1c(=O)c2c(ncn2CC(=O)N/N=C/c2ccc(Br)s2)n(C)c1=O. The number of carbonyl (C=O) groups is 1. The van der Waals surface area contributed by atoms with Crippen LogP contribution < -0.4 is 16.7 Å². The highest BCUT2D eigenvalue weighted by atomic mass is 79.9. The number of nitrogens with zero attached hydrogens (tertiary/aromatic N) is 5. The van der Waals surface area contributed by atoms with E-state index in [-0.39, 0.29) is 17.7 Å². The molecule has 0 spiro atoms. The van der Waals surface area contributed by atoms with E-state index in [1.165, 1.54) is 47.1 Å². The summed E-state index contributed by atoms with van der Waals surface area (Å²) in [5, 5.41) is 3.88. The molecule has 3 heterocycles. The van der Waals surface area contributed by atoms with Gasteiger partial charge in [-0.05, 0) is 28.1 Å². The fourth-order valence-electron chi connectivity index (χ4n) is 2.27. The van der Waals surface area contributed by atoms with Crippen molar-refractivity contribution in [3.8, 4) is 0 Å². The monoisotopic (exact) mass is 424 g/mol. The number of rotatable bonds is 4. The van der Waals surface area contributed by atoms with Gasteiger partial charge < -0.3 is 4.57 Å². The Morgan fingerprint density at radius 3 is 2.80 bits per heavy atom. The number of hydrogen-bond acceptors (Lipinski definition) is 6. The molecule has 0 aliphatic carbocycles. The molecular formula is C14H13BrN6O3S. The molecule has 1 amide bonds. The molecule has 0 saturated carbocycles. The lowest BCUT2D eigenvalue weighted by atomic mass is 10.4. The van der Waals surface area contributed by atoms with Crippen LogP contribution in [0.15, 0.2) is 36.9 Å². The molecule has 25 heavy (non-hydrogen) atoms. The Hall–Kier alpha value is -2.53. The fourth-order valence-corrected chi connectivity index (χ4v) is 3.57. The third-order valence-electron chi connectivity index (χ3n) is 3.51. The molecule has 130 valence electrons. The van der Waals surface area contributed by atoms with Crippen molar-refractivity contribution in [2.45, 2.75) is 6.54 Å². The minimum absolute atomic E-state index is 0.143. The quantitative estimate of drug-likeness (QED) is 0.483. The Kier molecular flexibility index (Phi) is 4.68. The lowest BCUT2D eigenvalue weighted by molar-refractivity contribution is -0.121. The van der Waals surface area contributed by atoms with Crippen molar-refractivity contribution in [2.24, 2.45) is 19.2 Å². The third-order valence-corrected chi connectivity index (χ3v) is 5.06. The lowest BCUT2D eigenvalue weighted by Gasteiger charge is -2.05. The van der Waals surface area contributed by atoms with Crippen LogP contribution in [-0.2, 0) is 25.4 Å². The standard InChI is InChI=1S/C14H13BrN6O3S/c1-19-12-11(13(23)20(2)14(19)24)21(7-16-12)6-10(22)18-17-5-8-3-4-9(15)25-8/h3-5,7H,6H2,1-2H3,(H,18,22)/b17-5+. The van der Waals surface area contributed by atoms with Crippen molar-refractivity contribution in [1.82, 2.24) is 24.1 Å². The number of hydrazone groups is 1. The largest absolute Gasteiger partial charge is 0.332 e. The summed E-state index contributed by atoms with van der Waals surface area (Å²) in [7, 11) is 2.90. The van der Waals surface area contributed by atoms with Crippen molar-refractivity contribution in [3.63, 3.8) is 0 Å². The molecule has 0 aliphatic heterocycles. The van der Waals surface area contributed by atoms with Crippen LogP contribution in [0.1, 0.15) is 4.88 Å². The normalized spacial score (nSPS) is 11.5. The van der Waals surface area contributed by atoms with Gasteiger partial charge in [0.15, 0.2) is 11.2 Å². The molecule has 3 rings (SSSR count). The van der Waals surface area contributed by atoms with Gasteiger partial charge in [-0.1, -0.05) is 0 Å². The minimum atomic E-state index is -0.504. The van der Waals surface area contributed by atoms with Gasteiger partial charge in [-0.2, -0.15) is 5.10 Å². The second kappa shape index (κ2) is 6.76. The summed E-state index contributed by atoms with van der Waals surface area (Å²) in [5.74, 6) is -0.415. The van der Waals surface area contributed by atoms with Crippen molar-refractivity contribution < 1.29 is 4.79 Å². The Morgan fingerprint density at radius 2 is 2.12 bits per heavy atom. The van der Waals surface area contributed by atoms with E-state index in [0.29, 0.717) is 0 Å². The molecule has 0 unspecified atom stereocenters. The van der Waals surface area contributed by atoms with Crippen LogP contribution in [0.4, 0.5) is 0 Å². The number of nitrogens with one attached hydrogen (secondary N) is 1. The maximum absolute atomic E-state index is 12.3. The molecule has 3 aromatic heterocycles. The molecule has 0 fully saturated rings. The zero-order valence-electron chi connectivity index (χ0n) is 13.3. The predicted octanol–water partition coefficient (Wildman–Crippen LogP) is 0.408. The first kappa shape index (κ1) is 17.3. The number of fused-ring (bicyclic) bond motifs is 1. The molecule has 0 saturated heterocycles. The van der Waals surface area contributed by atoms with Gasteiger partial charge in [0, 0.05) is 19.0 Å². The van der Waals surface area contributed by atoms with Gasteiger partial charge in [0.25, 0.3) is 11.5 Å². The molecule has 9 nitrogen and oxygen atoms in total. The van der Waals surface area contributed by atoms with Gasteiger partial charge in [0.05, 0.1) is 16.3 Å². The van der Waals surface area contributed by atoms with E-state index in [2.05, 4.69) is 31.4 Å². The van der Waals surface area contributed by atoms with E-state index in [9.17, 15) is 14.4 Å². The number of aromatic nitrogens is 4. The zero-order chi connectivity index (χ0) is 18.1. The fraction of sp³-hybridized carbons (Fsp3) is 0.214. The van der Waals surface area contributed by atoms with Crippen LogP contribution in [0.2, 0.25) is 0 Å². The van der Waals surface area contributed by atoms with Crippen molar-refractivity contribution in [2.75, 3.05) is 0 Å². The van der Waals surface area contributed by atoms with E-state index in [0.717, 1.165) is 13.2 Å². The molecule has 0 atom stereocenters. The summed E-state index contributed by atoms with van der Waals surface area (Å²) in [6, 6.07) is 3.74. The third kappa shape index (κ3) is 3.33. The van der Waals surface area contributed by atoms with Crippen LogP contribution >= 0.6 is 27.3 Å². The van der Waals surface area contributed by atoms with E-state index < -0.39 is 17.2 Å². The molecule has 0 aliphatic rings. The smallest absolute Gasteiger partial charge is 0.315 e. The Labute approximate surface area is 153 Å². The second-order valence-electron chi connectivity index (χ2n) is 5.19. The first-order valence-electron chi connectivity index (χ1n) is 7.06. The first-order chi connectivity index (χ1) is 11.9. The van der Waals surface area contributed by atoms with Gasteiger partial charge in [0.1, 0.15) is 6.54 Å². The molecule has 3 aromatic rings. The maximum Gasteiger partial charge on any atom is 0.332 e. The van der Waals surface area contributed by atoms with Crippen LogP contribution in [0, 0.1) is 0 Å². The second-order valence-corrected chi connectivity index (χ2v) is 7.68. The highest BCUT2D eigenvalue weighted by Gasteiger charge is 2.15. The van der Waals surface area contributed by atoms with E-state index >= 15 is 0 Å². The average molecular weight is 425 g/mol. The summed E-state index contributed by atoms with van der Waals surface area (Å²) < 4.78 is 4.60. The summed E-state index contributed by atoms with van der Waals surface area (Å²) in [6.45, 7) is -0.143. The van der Waals surface area contributed by atoms with Gasteiger partial charge in [-0.25, -0.2) is 15.2 Å². The van der Waals surface area contributed by atoms with E-state index in [1.54, 1.807) is 0 Å². The molecule has 0 radical (unpaired) electrons. The average Bonchev–Trinajstić information content (AvgIpc) is 3.17. The van der Waals surface area contributed by atoms with Crippen molar-refractivity contribution in [1.29, 1.82) is 0 Å². The maximum atomic E-state index is 12.3. The highest BCUT2D eigenvalue weighted by molar-refractivity contribution is 9.11. The molecule has 0 bridgehead atoms. The lowest BCUT2D eigenvalue weighted by Crippen LogP contribution is -2.38. The van der Waals surface area contributed by atoms with Crippen LogP contribution in [-0.4, -0.2) is 30.8 Å². The number of carbonyl (C=O) groups excluding carboxylic acids is 1. The van der Waals surface area contributed by atoms with Gasteiger partial charge >= 0.3 is 5.69 Å². The minimum Gasteiger partial charge on any atom is -0.315 e. The molecule has 11 heteroatoms. The number of hydrogen-bond donors (Lipinski definition) is 1. The van der Waals surface area contributed by atoms with Gasteiger partial charge in [-0.15, -0.1) is 11.3 Å². The first-order valence-corrected chi connectivity index (χ1v) is 8.67. The van der Waals surface area contributed by atoms with Crippen molar-refractivity contribution >= 4 is 50.6 Å². The number of amides is 1. The molecule has 0 aromatic carbocycles. The van der Waals surface area contributed by atoms with Gasteiger partial charge in [-0.3, -0.25) is 18.7 Å². The summed E-state index contributed by atoms with van der Waals surface area (Å²) in [5.41, 5.74) is 1.84. The van der Waals surface area contributed by atoms with Crippen LogP contribution in [0.25, 0.3) is 11.2 Å². The highest BCUT2D eigenvalue weighted by Crippen LogP contribution is 2.20. The molecular weight excluding hydrogens is 412 g/mol. The number of thiophene rings is 1. The molecule has 1 N–H and O–H groups in total. The number of halogens is 1. The number of imidazole rings is 1. The topological polar surface area (TPSA) is 103 Å². The zero-order valence-corrected chi connectivity index (χ0v) is 15.7. The van der Waals surface area contributed by atoms with Crippen LogP contribution in [0.3, 0.4) is 0 Å². The summed E-state index contributed by atoms with van der Waals surface area (Å²) in [6.07, 6.45) is 2.88. The number of aryl methyl sites for hydroxylation is 1. The predicted molar refractivity (Wildman–Crippen MR) is 98.0 cm³/mol.